The molecule has 1 aromatic heterocycles. The van der Waals surface area contributed by atoms with E-state index in [4.69, 9.17) is 4.43 Å². The topological polar surface area (TPSA) is 22.1 Å². The third-order valence-corrected chi connectivity index (χ3v) is 10.8. The van der Waals surface area contributed by atoms with Gasteiger partial charge >= 0.3 is 0 Å². The van der Waals surface area contributed by atoms with E-state index in [0.29, 0.717) is 0 Å². The highest BCUT2D eigenvalue weighted by atomic mass is 79.9. The molecule has 2 aromatic carbocycles. The Morgan fingerprint density at radius 1 is 0.821 bits per heavy atom. The van der Waals surface area contributed by atoms with Crippen LogP contribution < -0.4 is 0 Å². The first kappa shape index (κ1) is 21.0. The first-order valence-corrected chi connectivity index (χ1v) is 13.4. The predicted molar refractivity (Wildman–Crippen MR) is 124 cm³/mol. The van der Waals surface area contributed by atoms with Crippen LogP contribution in [0.25, 0.3) is 11.1 Å². The van der Waals surface area contributed by atoms with Crippen LogP contribution in [-0.2, 0) is 4.43 Å². The summed E-state index contributed by atoms with van der Waals surface area (Å²) in [6.45, 7) is 6.82. The SMILES string of the molecule is CC[Si](CC)(CC)OC(c1ccc(Br)cc1)c1cncc(-c2ccccc2)c1. The van der Waals surface area contributed by atoms with Crippen molar-refractivity contribution in [2.45, 2.75) is 45.0 Å². The van der Waals surface area contributed by atoms with Gasteiger partial charge in [0.25, 0.3) is 0 Å². The fraction of sp³-hybridized carbons (Fsp3) is 0.292. The summed E-state index contributed by atoms with van der Waals surface area (Å²) in [6, 6.07) is 24.5. The first-order chi connectivity index (χ1) is 13.6. The van der Waals surface area contributed by atoms with Crippen molar-refractivity contribution >= 4 is 24.2 Å². The monoisotopic (exact) mass is 453 g/mol. The summed E-state index contributed by atoms with van der Waals surface area (Å²) < 4.78 is 8.05. The van der Waals surface area contributed by atoms with Gasteiger partial charge in [0.1, 0.15) is 0 Å². The number of aromatic nitrogens is 1. The molecule has 0 saturated carbocycles. The van der Waals surface area contributed by atoms with Crippen LogP contribution in [0.4, 0.5) is 0 Å². The quantitative estimate of drug-likeness (QED) is 0.327. The molecule has 28 heavy (non-hydrogen) atoms. The highest BCUT2D eigenvalue weighted by molar-refractivity contribution is 9.10. The molecule has 0 aliphatic rings. The number of halogens is 1. The fourth-order valence-electron chi connectivity index (χ4n) is 3.61. The lowest BCUT2D eigenvalue weighted by Gasteiger charge is -2.34. The van der Waals surface area contributed by atoms with Crippen LogP contribution in [0.1, 0.15) is 38.0 Å². The van der Waals surface area contributed by atoms with Gasteiger partial charge in [0, 0.05) is 28.0 Å². The smallest absolute Gasteiger partial charge is 0.193 e. The standard InChI is InChI=1S/C24H28BrNOSi/c1-4-28(5-2,6-3)27-24(20-12-14-23(25)15-13-20)22-16-21(17-26-18-22)19-10-8-7-9-11-19/h7-18,24H,4-6H2,1-3H3. The van der Waals surface area contributed by atoms with Gasteiger partial charge in [-0.2, -0.15) is 0 Å². The van der Waals surface area contributed by atoms with Gasteiger partial charge in [-0.3, -0.25) is 4.98 Å². The lowest BCUT2D eigenvalue weighted by Crippen LogP contribution is -2.37. The van der Waals surface area contributed by atoms with Crippen LogP contribution in [0.15, 0.2) is 77.5 Å². The second-order valence-corrected chi connectivity index (χ2v) is 12.8. The van der Waals surface area contributed by atoms with E-state index >= 15 is 0 Å². The van der Waals surface area contributed by atoms with Crippen LogP contribution in [0, 0.1) is 0 Å². The molecule has 0 bridgehead atoms. The van der Waals surface area contributed by atoms with Crippen molar-refractivity contribution in [3.05, 3.63) is 88.7 Å². The minimum Gasteiger partial charge on any atom is -0.406 e. The molecule has 1 unspecified atom stereocenters. The van der Waals surface area contributed by atoms with Crippen LogP contribution in [0.3, 0.4) is 0 Å². The van der Waals surface area contributed by atoms with Crippen molar-refractivity contribution in [1.82, 2.24) is 4.98 Å². The third-order valence-electron chi connectivity index (χ3n) is 5.64. The number of hydrogen-bond donors (Lipinski definition) is 0. The molecule has 1 atom stereocenters. The Morgan fingerprint density at radius 2 is 1.46 bits per heavy atom. The lowest BCUT2D eigenvalue weighted by atomic mass is 10.00. The van der Waals surface area contributed by atoms with Crippen molar-refractivity contribution in [1.29, 1.82) is 0 Å². The molecule has 0 N–H and O–H groups in total. The van der Waals surface area contributed by atoms with Crippen LogP contribution in [0.5, 0.6) is 0 Å². The molecule has 1 heterocycles. The molecular formula is C24H28BrNOSi. The van der Waals surface area contributed by atoms with Gasteiger partial charge in [0.2, 0.25) is 0 Å². The fourth-order valence-corrected chi connectivity index (χ4v) is 6.64. The molecule has 2 nitrogen and oxygen atoms in total. The number of pyridine rings is 1. The Bertz CT molecular complexity index is 870. The average Bonchev–Trinajstić information content (AvgIpc) is 2.77. The highest BCUT2D eigenvalue weighted by Gasteiger charge is 2.33. The Labute approximate surface area is 178 Å². The van der Waals surface area contributed by atoms with E-state index in [9.17, 15) is 0 Å². The Morgan fingerprint density at radius 3 is 2.07 bits per heavy atom. The Kier molecular flexibility index (Phi) is 7.22. The second kappa shape index (κ2) is 9.64. The lowest BCUT2D eigenvalue weighted by molar-refractivity contribution is 0.229. The van der Waals surface area contributed by atoms with E-state index in [1.165, 1.54) is 11.1 Å². The van der Waals surface area contributed by atoms with Gasteiger partial charge in [0.05, 0.1) is 6.10 Å². The summed E-state index contributed by atoms with van der Waals surface area (Å²) in [5, 5.41) is 0. The molecule has 3 rings (SSSR count). The molecule has 0 aliphatic heterocycles. The van der Waals surface area contributed by atoms with Gasteiger partial charge in [-0.25, -0.2) is 0 Å². The maximum atomic E-state index is 6.97. The summed E-state index contributed by atoms with van der Waals surface area (Å²) in [7, 11) is -1.80. The minimum atomic E-state index is -1.80. The van der Waals surface area contributed by atoms with E-state index in [0.717, 1.165) is 33.7 Å². The van der Waals surface area contributed by atoms with Gasteiger partial charge in [-0.1, -0.05) is 79.2 Å². The highest BCUT2D eigenvalue weighted by Crippen LogP contribution is 2.35. The van der Waals surface area contributed by atoms with Gasteiger partial charge in [-0.05, 0) is 47.5 Å². The van der Waals surface area contributed by atoms with E-state index in [1.807, 2.05) is 18.5 Å². The third kappa shape index (κ3) is 4.80. The maximum absolute atomic E-state index is 6.97. The normalized spacial score (nSPS) is 12.7. The van der Waals surface area contributed by atoms with E-state index in [2.05, 4.69) is 96.3 Å². The first-order valence-electron chi connectivity index (χ1n) is 10.0. The zero-order chi connectivity index (χ0) is 20.0. The van der Waals surface area contributed by atoms with Crippen molar-refractivity contribution in [3.63, 3.8) is 0 Å². The number of benzene rings is 2. The molecule has 0 aliphatic carbocycles. The molecule has 0 saturated heterocycles. The maximum Gasteiger partial charge on any atom is 0.193 e. The number of rotatable bonds is 8. The molecule has 0 spiro atoms. The average molecular weight is 454 g/mol. The van der Waals surface area contributed by atoms with Gasteiger partial charge < -0.3 is 4.43 Å². The molecular weight excluding hydrogens is 426 g/mol. The molecule has 3 aromatic rings. The van der Waals surface area contributed by atoms with Crippen molar-refractivity contribution in [2.75, 3.05) is 0 Å². The summed E-state index contributed by atoms with van der Waals surface area (Å²) in [4.78, 5) is 4.56. The Hall–Kier alpha value is -1.75. The Balaban J connectivity index is 2.05. The van der Waals surface area contributed by atoms with Gasteiger partial charge in [0.15, 0.2) is 8.32 Å². The minimum absolute atomic E-state index is 0.0872. The van der Waals surface area contributed by atoms with Crippen LogP contribution in [-0.4, -0.2) is 13.3 Å². The largest absolute Gasteiger partial charge is 0.406 e. The van der Waals surface area contributed by atoms with Crippen molar-refractivity contribution in [2.24, 2.45) is 0 Å². The second-order valence-electron chi connectivity index (χ2n) is 7.17. The number of nitrogens with zero attached hydrogens (tertiary/aromatic N) is 1. The zero-order valence-corrected chi connectivity index (χ0v) is 19.4. The van der Waals surface area contributed by atoms with Crippen molar-refractivity contribution < 1.29 is 4.43 Å². The van der Waals surface area contributed by atoms with Crippen molar-refractivity contribution in [3.8, 4) is 11.1 Å². The molecule has 0 fully saturated rings. The van der Waals surface area contributed by atoms with Gasteiger partial charge in [-0.15, -0.1) is 0 Å². The van der Waals surface area contributed by atoms with Crippen LogP contribution >= 0.6 is 15.9 Å². The molecule has 4 heteroatoms. The van der Waals surface area contributed by atoms with E-state index in [-0.39, 0.29) is 6.10 Å². The zero-order valence-electron chi connectivity index (χ0n) is 16.9. The summed E-state index contributed by atoms with van der Waals surface area (Å²) in [6.07, 6.45) is 3.80. The summed E-state index contributed by atoms with van der Waals surface area (Å²) in [5.74, 6) is 0. The predicted octanol–water partition coefficient (Wildman–Crippen LogP) is 7.62. The molecule has 0 amide bonds. The number of hydrogen-bond acceptors (Lipinski definition) is 2. The molecule has 0 radical (unpaired) electrons. The summed E-state index contributed by atoms with van der Waals surface area (Å²) in [5.41, 5.74) is 4.61. The van der Waals surface area contributed by atoms with Crippen LogP contribution in [0.2, 0.25) is 18.1 Å². The summed E-state index contributed by atoms with van der Waals surface area (Å²) >= 11 is 3.55. The van der Waals surface area contributed by atoms with E-state index in [1.54, 1.807) is 0 Å². The van der Waals surface area contributed by atoms with E-state index < -0.39 is 8.32 Å². The molecule has 146 valence electrons.